The zero-order valence-corrected chi connectivity index (χ0v) is 17.2. The van der Waals surface area contributed by atoms with E-state index in [1.165, 1.54) is 23.7 Å². The molecule has 0 rings (SSSR count). The van der Waals surface area contributed by atoms with Crippen LogP contribution in [0.25, 0.3) is 0 Å². The molecule has 21 heavy (non-hydrogen) atoms. The van der Waals surface area contributed by atoms with Crippen molar-refractivity contribution in [3.05, 3.63) is 0 Å². The lowest BCUT2D eigenvalue weighted by Gasteiger charge is -2.16. The fraction of sp³-hybridized carbons (Fsp3) is 1.00. The van der Waals surface area contributed by atoms with Crippen molar-refractivity contribution in [3.8, 4) is 0 Å². The first-order valence-corrected chi connectivity index (χ1v) is 12.9. The Morgan fingerprint density at radius 3 is 1.62 bits per heavy atom. The molecule has 0 heterocycles. The average molecular weight is 432 g/mol. The van der Waals surface area contributed by atoms with Crippen molar-refractivity contribution in [2.45, 2.75) is 45.3 Å². The van der Waals surface area contributed by atoms with Gasteiger partial charge in [0.1, 0.15) is 0 Å². The summed E-state index contributed by atoms with van der Waals surface area (Å²) in [5.74, 6) is 0. The zero-order valence-electron chi connectivity index (χ0n) is 14.0. The Kier molecular flexibility index (Phi) is 16.3. The van der Waals surface area contributed by atoms with Gasteiger partial charge in [0.2, 0.25) is 0 Å². The Morgan fingerprint density at radius 1 is 0.619 bits per heavy atom. The maximum absolute atomic E-state index is 5.69. The second-order valence-electron chi connectivity index (χ2n) is 5.90. The van der Waals surface area contributed by atoms with E-state index in [9.17, 15) is 0 Å². The van der Waals surface area contributed by atoms with Crippen LogP contribution in [-0.2, 0) is 18.6 Å². The topological polar surface area (TPSA) is 36.9 Å². The molecule has 0 aromatic carbocycles. The van der Waals surface area contributed by atoms with Gasteiger partial charge >= 0.3 is 0 Å². The van der Waals surface area contributed by atoms with E-state index in [1.54, 1.807) is 0 Å². The van der Waals surface area contributed by atoms with Crippen LogP contribution in [0.2, 0.25) is 19.6 Å². The predicted molar refractivity (Wildman–Crippen MR) is 99.1 cm³/mol. The molecule has 0 unspecified atom stereocenters. The van der Waals surface area contributed by atoms with Gasteiger partial charge in [-0.15, -0.1) is 0 Å². The number of hydrogen-bond acceptors (Lipinski definition) is 4. The van der Waals surface area contributed by atoms with Crippen LogP contribution in [0.15, 0.2) is 0 Å². The monoisotopic (exact) mass is 432 g/mol. The number of unbranched alkanes of at least 4 members (excludes halogenated alkanes) is 3. The molecule has 4 nitrogen and oxygen atoms in total. The first kappa shape index (κ1) is 21.8. The summed E-state index contributed by atoms with van der Waals surface area (Å²) in [6.07, 6.45) is 5.09. The zero-order chi connectivity index (χ0) is 15.8. The van der Waals surface area contributed by atoms with Crippen LogP contribution in [0.5, 0.6) is 0 Å². The van der Waals surface area contributed by atoms with E-state index in [-0.39, 0.29) is 0 Å². The second kappa shape index (κ2) is 15.7. The molecule has 0 amide bonds. The molecule has 0 fully saturated rings. The van der Waals surface area contributed by atoms with Crippen LogP contribution < -0.4 is 0 Å². The van der Waals surface area contributed by atoms with Crippen LogP contribution in [-0.4, -0.2) is 59.0 Å². The molecule has 0 aliphatic rings. The first-order valence-electron chi connectivity index (χ1n) is 7.99. The summed E-state index contributed by atoms with van der Waals surface area (Å²) in [6, 6.07) is 0. The van der Waals surface area contributed by atoms with Crippen molar-refractivity contribution in [1.29, 1.82) is 0 Å². The van der Waals surface area contributed by atoms with E-state index in [4.69, 9.17) is 18.6 Å². The van der Waals surface area contributed by atoms with Gasteiger partial charge in [-0.2, -0.15) is 0 Å². The van der Waals surface area contributed by atoms with Gasteiger partial charge in [-0.3, -0.25) is 0 Å². The van der Waals surface area contributed by atoms with Gasteiger partial charge in [0.05, 0.1) is 39.6 Å². The lowest BCUT2D eigenvalue weighted by molar-refractivity contribution is 0.00836. The molecule has 0 aliphatic carbocycles. The molecule has 0 aliphatic heterocycles. The lowest BCUT2D eigenvalue weighted by atomic mass is 10.2. The Balaban J connectivity index is 3.00. The quantitative estimate of drug-likeness (QED) is 0.161. The summed E-state index contributed by atoms with van der Waals surface area (Å²) >= 11 is 2.42. The molecule has 6 heteroatoms. The third-order valence-corrected chi connectivity index (χ3v) is 4.51. The Hall–Kier alpha value is 0.787. The molecule has 0 aromatic rings. The highest BCUT2D eigenvalue weighted by molar-refractivity contribution is 14.1. The van der Waals surface area contributed by atoms with Crippen LogP contribution in [0, 0.1) is 0 Å². The van der Waals surface area contributed by atoms with Gasteiger partial charge in [0.25, 0.3) is 0 Å². The summed E-state index contributed by atoms with van der Waals surface area (Å²) in [5, 5.41) is 0. The van der Waals surface area contributed by atoms with Gasteiger partial charge in [0.15, 0.2) is 8.32 Å². The molecular weight excluding hydrogens is 399 g/mol. The minimum absolute atomic E-state index is 0.630. The Morgan fingerprint density at radius 2 is 1.10 bits per heavy atom. The molecule has 0 bridgehead atoms. The van der Waals surface area contributed by atoms with Crippen molar-refractivity contribution in [2.24, 2.45) is 0 Å². The number of ether oxygens (including phenoxy) is 3. The third kappa shape index (κ3) is 20.8. The van der Waals surface area contributed by atoms with E-state index < -0.39 is 8.32 Å². The molecule has 0 atom stereocenters. The molecule has 0 aromatic heterocycles. The lowest BCUT2D eigenvalue weighted by Crippen LogP contribution is -2.27. The standard InChI is InChI=1S/C15H33IO4Si/c1-21(2,3)20-15-14-19-13-12-18-11-10-17-9-7-5-4-6-8-16/h4-15H2,1-3H3. The van der Waals surface area contributed by atoms with Gasteiger partial charge in [-0.25, -0.2) is 0 Å². The molecule has 0 spiro atoms. The number of rotatable bonds is 16. The SMILES string of the molecule is C[Si](C)(C)OCCOCCOCCOCCCCCCI. The summed E-state index contributed by atoms with van der Waals surface area (Å²) in [4.78, 5) is 0. The van der Waals surface area contributed by atoms with Gasteiger partial charge in [-0.1, -0.05) is 35.4 Å². The summed E-state index contributed by atoms with van der Waals surface area (Å²) in [6.45, 7) is 11.3. The molecule has 0 saturated carbocycles. The molecule has 0 N–H and O–H groups in total. The van der Waals surface area contributed by atoms with E-state index in [1.807, 2.05) is 0 Å². The largest absolute Gasteiger partial charge is 0.415 e. The maximum atomic E-state index is 5.69. The second-order valence-corrected chi connectivity index (χ2v) is 11.5. The van der Waals surface area contributed by atoms with Gasteiger partial charge in [-0.05, 0) is 36.9 Å². The molecule has 128 valence electrons. The Labute approximate surface area is 145 Å². The van der Waals surface area contributed by atoms with E-state index in [2.05, 4.69) is 42.2 Å². The summed E-state index contributed by atoms with van der Waals surface area (Å²) in [5.41, 5.74) is 0. The molecular formula is C15H33IO4Si. The highest BCUT2D eigenvalue weighted by Gasteiger charge is 2.12. The van der Waals surface area contributed by atoms with Crippen LogP contribution in [0.3, 0.4) is 0 Å². The highest BCUT2D eigenvalue weighted by atomic mass is 127. The van der Waals surface area contributed by atoms with Crippen LogP contribution >= 0.6 is 22.6 Å². The molecule has 0 saturated heterocycles. The third-order valence-electron chi connectivity index (χ3n) is 2.68. The van der Waals surface area contributed by atoms with Gasteiger partial charge < -0.3 is 18.6 Å². The first-order chi connectivity index (χ1) is 10.1. The minimum atomic E-state index is -1.39. The van der Waals surface area contributed by atoms with Crippen LogP contribution in [0.1, 0.15) is 25.7 Å². The fourth-order valence-electron chi connectivity index (χ4n) is 1.60. The average Bonchev–Trinajstić information content (AvgIpc) is 2.42. The number of alkyl halides is 1. The summed E-state index contributed by atoms with van der Waals surface area (Å²) in [7, 11) is -1.39. The predicted octanol–water partition coefficient (Wildman–Crippen LogP) is 3.88. The Bertz CT molecular complexity index is 212. The molecule has 0 radical (unpaired) electrons. The van der Waals surface area contributed by atoms with Crippen molar-refractivity contribution in [1.82, 2.24) is 0 Å². The number of halogens is 1. The normalized spacial score (nSPS) is 12.0. The summed E-state index contributed by atoms with van der Waals surface area (Å²) < 4.78 is 23.4. The van der Waals surface area contributed by atoms with Crippen molar-refractivity contribution in [2.75, 3.05) is 50.7 Å². The van der Waals surface area contributed by atoms with Gasteiger partial charge in [0, 0.05) is 6.61 Å². The van der Waals surface area contributed by atoms with E-state index in [0.717, 1.165) is 13.0 Å². The minimum Gasteiger partial charge on any atom is -0.415 e. The van der Waals surface area contributed by atoms with Crippen LogP contribution in [0.4, 0.5) is 0 Å². The highest BCUT2D eigenvalue weighted by Crippen LogP contribution is 2.02. The van der Waals surface area contributed by atoms with E-state index >= 15 is 0 Å². The smallest absolute Gasteiger partial charge is 0.183 e. The van der Waals surface area contributed by atoms with E-state index in [0.29, 0.717) is 39.6 Å². The van der Waals surface area contributed by atoms with Crippen molar-refractivity contribution >= 4 is 30.9 Å². The fourth-order valence-corrected chi connectivity index (χ4v) is 2.84. The van der Waals surface area contributed by atoms with Crippen molar-refractivity contribution in [3.63, 3.8) is 0 Å². The maximum Gasteiger partial charge on any atom is 0.183 e. The number of hydrogen-bond donors (Lipinski definition) is 0. The van der Waals surface area contributed by atoms with Crippen molar-refractivity contribution < 1.29 is 18.6 Å².